The number of hydrogen-bond acceptors (Lipinski definition) is 4. The maximum Gasteiger partial charge on any atom is 0.214 e. The quantitative estimate of drug-likeness (QED) is 0.528. The lowest BCUT2D eigenvalue weighted by atomic mass is 10.7. The summed E-state index contributed by atoms with van der Waals surface area (Å²) in [5, 5.41) is -0.151. The summed E-state index contributed by atoms with van der Waals surface area (Å²) in [6.07, 6.45) is 1.58. The van der Waals surface area contributed by atoms with Gasteiger partial charge in [0, 0.05) is 13.1 Å². The van der Waals surface area contributed by atoms with Gasteiger partial charge in [-0.1, -0.05) is 0 Å². The van der Waals surface area contributed by atoms with Gasteiger partial charge in [0.2, 0.25) is 10.0 Å². The third-order valence-corrected chi connectivity index (χ3v) is 3.73. The molecule has 13 heavy (non-hydrogen) atoms. The minimum Gasteiger partial charge on any atom is -0.379 e. The van der Waals surface area contributed by atoms with Crippen molar-refractivity contribution in [2.75, 3.05) is 26.3 Å². The summed E-state index contributed by atoms with van der Waals surface area (Å²) in [6.45, 7) is 1.68. The maximum atomic E-state index is 11.2. The SMILES string of the molecule is NCCOCCNS(=O)(=O)C1CC1. The van der Waals surface area contributed by atoms with E-state index in [0.29, 0.717) is 26.3 Å². The van der Waals surface area contributed by atoms with Gasteiger partial charge >= 0.3 is 0 Å². The Bertz CT molecular complexity index is 236. The van der Waals surface area contributed by atoms with Gasteiger partial charge in [-0.05, 0) is 12.8 Å². The highest BCUT2D eigenvalue weighted by Crippen LogP contribution is 2.27. The molecular weight excluding hydrogens is 192 g/mol. The molecule has 3 N–H and O–H groups in total. The van der Waals surface area contributed by atoms with Crippen molar-refractivity contribution in [1.82, 2.24) is 4.72 Å². The average molecular weight is 208 g/mol. The van der Waals surface area contributed by atoms with Gasteiger partial charge in [0.1, 0.15) is 0 Å². The Morgan fingerprint density at radius 1 is 1.38 bits per heavy atom. The molecule has 0 radical (unpaired) electrons. The third-order valence-electron chi connectivity index (χ3n) is 1.78. The Kier molecular flexibility index (Phi) is 4.11. The molecule has 0 aromatic carbocycles. The first-order valence-corrected chi connectivity index (χ1v) is 5.98. The molecule has 6 heteroatoms. The zero-order valence-electron chi connectivity index (χ0n) is 7.53. The molecule has 1 rings (SSSR count). The van der Waals surface area contributed by atoms with Crippen LogP contribution in [0, 0.1) is 0 Å². The molecule has 0 aromatic rings. The highest BCUT2D eigenvalue weighted by molar-refractivity contribution is 7.90. The van der Waals surface area contributed by atoms with Crippen LogP contribution < -0.4 is 10.5 Å². The fraction of sp³-hybridized carbons (Fsp3) is 1.00. The molecule has 0 heterocycles. The van der Waals surface area contributed by atoms with E-state index in [2.05, 4.69) is 4.72 Å². The lowest BCUT2D eigenvalue weighted by Crippen LogP contribution is -2.30. The monoisotopic (exact) mass is 208 g/mol. The standard InChI is InChI=1S/C7H16N2O3S/c8-3-5-12-6-4-9-13(10,11)7-1-2-7/h7,9H,1-6,8H2. The van der Waals surface area contributed by atoms with Crippen molar-refractivity contribution in [2.24, 2.45) is 5.73 Å². The Morgan fingerprint density at radius 2 is 2.08 bits per heavy atom. The van der Waals surface area contributed by atoms with Crippen molar-refractivity contribution in [2.45, 2.75) is 18.1 Å². The Labute approximate surface area is 78.7 Å². The normalized spacial score (nSPS) is 17.6. The van der Waals surface area contributed by atoms with Crippen LogP contribution in [0.5, 0.6) is 0 Å². The van der Waals surface area contributed by atoms with E-state index >= 15 is 0 Å². The zero-order valence-corrected chi connectivity index (χ0v) is 8.35. The van der Waals surface area contributed by atoms with E-state index < -0.39 is 10.0 Å². The van der Waals surface area contributed by atoms with E-state index in [4.69, 9.17) is 10.5 Å². The minimum atomic E-state index is -3.04. The third kappa shape index (κ3) is 4.04. The minimum absolute atomic E-state index is 0.151. The smallest absolute Gasteiger partial charge is 0.214 e. The van der Waals surface area contributed by atoms with Crippen LogP contribution in [0.2, 0.25) is 0 Å². The molecule has 0 amide bonds. The Hall–Kier alpha value is -0.170. The summed E-state index contributed by atoms with van der Waals surface area (Å²) in [5.41, 5.74) is 5.19. The van der Waals surface area contributed by atoms with E-state index in [-0.39, 0.29) is 5.25 Å². The predicted molar refractivity (Wildman–Crippen MR) is 49.8 cm³/mol. The largest absolute Gasteiger partial charge is 0.379 e. The summed E-state index contributed by atoms with van der Waals surface area (Å²) in [5.74, 6) is 0. The van der Waals surface area contributed by atoms with E-state index in [1.54, 1.807) is 0 Å². The average Bonchev–Trinajstić information content (AvgIpc) is 2.86. The lowest BCUT2D eigenvalue weighted by Gasteiger charge is -2.05. The van der Waals surface area contributed by atoms with Crippen LogP contribution in [0.1, 0.15) is 12.8 Å². The summed E-state index contributed by atoms with van der Waals surface area (Å²) < 4.78 is 30.0. The maximum absolute atomic E-state index is 11.2. The van der Waals surface area contributed by atoms with Gasteiger partial charge < -0.3 is 10.5 Å². The van der Waals surface area contributed by atoms with Gasteiger partial charge in [-0.15, -0.1) is 0 Å². The van der Waals surface area contributed by atoms with Crippen molar-refractivity contribution in [3.8, 4) is 0 Å². The van der Waals surface area contributed by atoms with Gasteiger partial charge in [0.25, 0.3) is 0 Å². The first-order valence-electron chi connectivity index (χ1n) is 4.43. The summed E-state index contributed by atoms with van der Waals surface area (Å²) in [7, 11) is -3.04. The summed E-state index contributed by atoms with van der Waals surface area (Å²) in [6, 6.07) is 0. The van der Waals surface area contributed by atoms with Crippen LogP contribution in [0.3, 0.4) is 0 Å². The molecule has 78 valence electrons. The van der Waals surface area contributed by atoms with Gasteiger partial charge in [-0.25, -0.2) is 13.1 Å². The van der Waals surface area contributed by atoms with Crippen molar-refractivity contribution < 1.29 is 13.2 Å². The van der Waals surface area contributed by atoms with Crippen LogP contribution in [-0.4, -0.2) is 40.0 Å². The van der Waals surface area contributed by atoms with Crippen LogP contribution in [0.25, 0.3) is 0 Å². The molecule has 0 aliphatic heterocycles. The molecule has 1 aliphatic carbocycles. The molecular formula is C7H16N2O3S. The highest BCUT2D eigenvalue weighted by Gasteiger charge is 2.35. The molecule has 5 nitrogen and oxygen atoms in total. The van der Waals surface area contributed by atoms with Gasteiger partial charge in [0.15, 0.2) is 0 Å². The van der Waals surface area contributed by atoms with Gasteiger partial charge in [-0.2, -0.15) is 0 Å². The van der Waals surface area contributed by atoms with E-state index in [9.17, 15) is 8.42 Å². The van der Waals surface area contributed by atoms with E-state index in [1.807, 2.05) is 0 Å². The molecule has 0 bridgehead atoms. The molecule has 1 aliphatic rings. The fourth-order valence-electron chi connectivity index (χ4n) is 0.938. The second kappa shape index (κ2) is 4.90. The Morgan fingerprint density at radius 3 is 2.62 bits per heavy atom. The van der Waals surface area contributed by atoms with Crippen molar-refractivity contribution in [3.05, 3.63) is 0 Å². The summed E-state index contributed by atoms with van der Waals surface area (Å²) in [4.78, 5) is 0. The highest BCUT2D eigenvalue weighted by atomic mass is 32.2. The number of rotatable bonds is 7. The number of hydrogen-bond donors (Lipinski definition) is 2. The number of nitrogens with one attached hydrogen (secondary N) is 1. The van der Waals surface area contributed by atoms with Crippen LogP contribution in [0.4, 0.5) is 0 Å². The van der Waals surface area contributed by atoms with Crippen LogP contribution >= 0.6 is 0 Å². The van der Waals surface area contributed by atoms with E-state index in [0.717, 1.165) is 12.8 Å². The molecule has 0 spiro atoms. The molecule has 0 saturated heterocycles. The first kappa shape index (κ1) is 10.9. The fourth-order valence-corrected chi connectivity index (χ4v) is 2.30. The molecule has 1 saturated carbocycles. The second-order valence-electron chi connectivity index (χ2n) is 3.04. The van der Waals surface area contributed by atoms with Gasteiger partial charge in [0.05, 0.1) is 18.5 Å². The van der Waals surface area contributed by atoms with Crippen molar-refractivity contribution >= 4 is 10.0 Å². The zero-order chi connectivity index (χ0) is 9.73. The molecule has 1 fully saturated rings. The van der Waals surface area contributed by atoms with Crippen molar-refractivity contribution in [1.29, 1.82) is 0 Å². The molecule has 0 aromatic heterocycles. The molecule has 0 atom stereocenters. The lowest BCUT2D eigenvalue weighted by molar-refractivity contribution is 0.147. The van der Waals surface area contributed by atoms with Crippen LogP contribution in [0.15, 0.2) is 0 Å². The topological polar surface area (TPSA) is 81.4 Å². The second-order valence-corrected chi connectivity index (χ2v) is 5.09. The van der Waals surface area contributed by atoms with Gasteiger partial charge in [-0.3, -0.25) is 0 Å². The summed E-state index contributed by atoms with van der Waals surface area (Å²) >= 11 is 0. The van der Waals surface area contributed by atoms with E-state index in [1.165, 1.54) is 0 Å². The predicted octanol–water partition coefficient (Wildman–Crippen LogP) is -0.956. The molecule has 0 unspecified atom stereocenters. The first-order chi connectivity index (χ1) is 6.17. The number of nitrogens with two attached hydrogens (primary N) is 1. The Balaban J connectivity index is 2.04. The van der Waals surface area contributed by atoms with Crippen molar-refractivity contribution in [3.63, 3.8) is 0 Å². The number of ether oxygens (including phenoxy) is 1. The van der Waals surface area contributed by atoms with Crippen LogP contribution in [-0.2, 0) is 14.8 Å². The number of sulfonamides is 1.